The molecule has 19 heavy (non-hydrogen) atoms. The number of rotatable bonds is 3. The molecular weight excluding hydrogens is 262 g/mol. The molecule has 0 spiro atoms. The number of carbonyl (C=O) groups is 2. The molecule has 2 N–H and O–H groups in total. The second-order valence-electron chi connectivity index (χ2n) is 4.76. The molecule has 0 radical (unpaired) electrons. The second-order valence-corrected chi connectivity index (χ2v) is 5.70. The van der Waals surface area contributed by atoms with Gasteiger partial charge >= 0.3 is 0 Å². The molecule has 1 aliphatic rings. The van der Waals surface area contributed by atoms with Gasteiger partial charge < -0.3 is 15.5 Å². The molecule has 1 unspecified atom stereocenters. The average molecular weight is 281 g/mol. The van der Waals surface area contributed by atoms with E-state index in [0.29, 0.717) is 11.4 Å². The third-order valence-corrected chi connectivity index (χ3v) is 4.12. The Balaban J connectivity index is 1.93. The molecule has 1 aliphatic heterocycles. The molecule has 1 saturated heterocycles. The van der Waals surface area contributed by atoms with E-state index >= 15 is 0 Å². The van der Waals surface area contributed by atoms with E-state index in [4.69, 9.17) is 0 Å². The predicted molar refractivity (Wildman–Crippen MR) is 75.3 cm³/mol. The minimum absolute atomic E-state index is 0.0149. The number of carbonyl (C=O) groups excluding carboxylic acids is 2. The summed E-state index contributed by atoms with van der Waals surface area (Å²) in [6, 6.07) is 3.26. The van der Waals surface area contributed by atoms with E-state index in [9.17, 15) is 9.59 Å². The summed E-state index contributed by atoms with van der Waals surface area (Å²) in [5.41, 5.74) is 0. The van der Waals surface area contributed by atoms with Crippen molar-refractivity contribution in [2.75, 3.05) is 19.6 Å². The topological polar surface area (TPSA) is 61.4 Å². The lowest BCUT2D eigenvalue weighted by Crippen LogP contribution is -2.57. The van der Waals surface area contributed by atoms with E-state index in [2.05, 4.69) is 10.6 Å². The smallest absolute Gasteiger partial charge is 0.261 e. The maximum Gasteiger partial charge on any atom is 0.261 e. The minimum atomic E-state index is -0.491. The Hall–Kier alpha value is -1.40. The first kappa shape index (κ1) is 14.0. The van der Waals surface area contributed by atoms with Gasteiger partial charge in [-0.05, 0) is 25.3 Å². The molecule has 104 valence electrons. The van der Waals surface area contributed by atoms with E-state index in [0.717, 1.165) is 13.1 Å². The third kappa shape index (κ3) is 3.33. The SMILES string of the molecule is CC(NC(=O)c1cccs1)C(=O)N1CCNC[C@H]1C. The van der Waals surface area contributed by atoms with Crippen LogP contribution in [0.2, 0.25) is 0 Å². The van der Waals surface area contributed by atoms with Gasteiger partial charge in [-0.3, -0.25) is 9.59 Å². The van der Waals surface area contributed by atoms with Crippen molar-refractivity contribution in [3.05, 3.63) is 22.4 Å². The lowest BCUT2D eigenvalue weighted by atomic mass is 10.1. The monoisotopic (exact) mass is 281 g/mol. The molecule has 1 aromatic rings. The molecule has 0 saturated carbocycles. The largest absolute Gasteiger partial charge is 0.340 e. The van der Waals surface area contributed by atoms with Gasteiger partial charge in [0.1, 0.15) is 6.04 Å². The standard InChI is InChI=1S/C13H19N3O2S/c1-9-8-14-5-6-16(9)13(18)10(2)15-12(17)11-4-3-7-19-11/h3-4,7,9-10,14H,5-6,8H2,1-2H3,(H,15,17)/t9-,10?/m1/s1. The molecule has 0 bridgehead atoms. The van der Waals surface area contributed by atoms with Crippen LogP contribution in [-0.4, -0.2) is 48.4 Å². The molecule has 0 aromatic carbocycles. The number of hydrogen-bond acceptors (Lipinski definition) is 4. The number of piperazine rings is 1. The van der Waals surface area contributed by atoms with Crippen molar-refractivity contribution in [1.82, 2.24) is 15.5 Å². The molecule has 1 fully saturated rings. The summed E-state index contributed by atoms with van der Waals surface area (Å²) in [6.45, 7) is 6.05. The van der Waals surface area contributed by atoms with E-state index < -0.39 is 6.04 Å². The zero-order valence-electron chi connectivity index (χ0n) is 11.2. The molecule has 1 aromatic heterocycles. The van der Waals surface area contributed by atoms with Crippen molar-refractivity contribution in [3.8, 4) is 0 Å². The number of thiophene rings is 1. The molecule has 2 atom stereocenters. The van der Waals surface area contributed by atoms with E-state index in [1.54, 1.807) is 13.0 Å². The van der Waals surface area contributed by atoms with Gasteiger partial charge in [-0.2, -0.15) is 0 Å². The van der Waals surface area contributed by atoms with Gasteiger partial charge in [-0.25, -0.2) is 0 Å². The molecule has 2 rings (SSSR count). The molecule has 6 heteroatoms. The van der Waals surface area contributed by atoms with Crippen molar-refractivity contribution in [3.63, 3.8) is 0 Å². The summed E-state index contributed by atoms with van der Waals surface area (Å²) in [6.07, 6.45) is 0. The Kier molecular flexibility index (Phi) is 4.55. The fraction of sp³-hybridized carbons (Fsp3) is 0.538. The lowest BCUT2D eigenvalue weighted by Gasteiger charge is -2.35. The summed E-state index contributed by atoms with van der Waals surface area (Å²) in [7, 11) is 0. The Bertz CT molecular complexity index is 447. The van der Waals surface area contributed by atoms with Crippen LogP contribution in [0.5, 0.6) is 0 Å². The maximum absolute atomic E-state index is 12.3. The van der Waals surface area contributed by atoms with Gasteiger partial charge in [0.25, 0.3) is 5.91 Å². The highest BCUT2D eigenvalue weighted by Gasteiger charge is 2.27. The van der Waals surface area contributed by atoms with E-state index in [1.807, 2.05) is 23.3 Å². The van der Waals surface area contributed by atoms with Crippen LogP contribution in [0, 0.1) is 0 Å². The van der Waals surface area contributed by atoms with Crippen LogP contribution >= 0.6 is 11.3 Å². The van der Waals surface area contributed by atoms with Crippen LogP contribution in [0.3, 0.4) is 0 Å². The van der Waals surface area contributed by atoms with Crippen LogP contribution in [0.15, 0.2) is 17.5 Å². The maximum atomic E-state index is 12.3. The Morgan fingerprint density at radius 2 is 2.37 bits per heavy atom. The van der Waals surface area contributed by atoms with E-state index in [-0.39, 0.29) is 17.9 Å². The summed E-state index contributed by atoms with van der Waals surface area (Å²) >= 11 is 1.37. The van der Waals surface area contributed by atoms with Gasteiger partial charge in [-0.1, -0.05) is 6.07 Å². The molecule has 0 aliphatic carbocycles. The summed E-state index contributed by atoms with van der Waals surface area (Å²) < 4.78 is 0. The van der Waals surface area contributed by atoms with Crippen LogP contribution < -0.4 is 10.6 Å². The van der Waals surface area contributed by atoms with Crippen LogP contribution in [-0.2, 0) is 4.79 Å². The van der Waals surface area contributed by atoms with E-state index in [1.165, 1.54) is 11.3 Å². The molecule has 2 heterocycles. The van der Waals surface area contributed by atoms with Gasteiger partial charge in [-0.15, -0.1) is 11.3 Å². The van der Waals surface area contributed by atoms with Crippen LogP contribution in [0.4, 0.5) is 0 Å². The number of amides is 2. The first-order valence-corrected chi connectivity index (χ1v) is 7.33. The zero-order chi connectivity index (χ0) is 13.8. The van der Waals surface area contributed by atoms with Gasteiger partial charge in [0, 0.05) is 25.7 Å². The highest BCUT2D eigenvalue weighted by Crippen LogP contribution is 2.09. The molecule has 5 nitrogen and oxygen atoms in total. The predicted octanol–water partition coefficient (Wildman–Crippen LogP) is 0.687. The summed E-state index contributed by atoms with van der Waals surface area (Å²) in [5, 5.41) is 7.85. The fourth-order valence-electron chi connectivity index (χ4n) is 2.15. The fourth-order valence-corrected chi connectivity index (χ4v) is 2.78. The number of hydrogen-bond donors (Lipinski definition) is 2. The Morgan fingerprint density at radius 3 is 3.00 bits per heavy atom. The number of nitrogens with one attached hydrogen (secondary N) is 2. The quantitative estimate of drug-likeness (QED) is 0.857. The van der Waals surface area contributed by atoms with Crippen LogP contribution in [0.1, 0.15) is 23.5 Å². The number of nitrogens with zero attached hydrogens (tertiary/aromatic N) is 1. The second kappa shape index (κ2) is 6.16. The van der Waals surface area contributed by atoms with Gasteiger partial charge in [0.15, 0.2) is 0 Å². The highest BCUT2D eigenvalue weighted by molar-refractivity contribution is 7.12. The summed E-state index contributed by atoms with van der Waals surface area (Å²) in [4.78, 5) is 26.7. The Morgan fingerprint density at radius 1 is 1.58 bits per heavy atom. The minimum Gasteiger partial charge on any atom is -0.340 e. The van der Waals surface area contributed by atoms with Crippen molar-refractivity contribution >= 4 is 23.2 Å². The Labute approximate surface area is 117 Å². The first-order valence-electron chi connectivity index (χ1n) is 6.45. The molecular formula is C13H19N3O2S. The van der Waals surface area contributed by atoms with Crippen molar-refractivity contribution in [2.45, 2.75) is 25.9 Å². The highest BCUT2D eigenvalue weighted by atomic mass is 32.1. The molecule has 2 amide bonds. The zero-order valence-corrected chi connectivity index (χ0v) is 12.0. The van der Waals surface area contributed by atoms with Crippen molar-refractivity contribution in [2.24, 2.45) is 0 Å². The van der Waals surface area contributed by atoms with Crippen molar-refractivity contribution < 1.29 is 9.59 Å². The normalized spacial score (nSPS) is 20.9. The van der Waals surface area contributed by atoms with Gasteiger partial charge in [0.2, 0.25) is 5.91 Å². The summed E-state index contributed by atoms with van der Waals surface area (Å²) in [5.74, 6) is -0.197. The van der Waals surface area contributed by atoms with Crippen LogP contribution in [0.25, 0.3) is 0 Å². The first-order chi connectivity index (χ1) is 9.09. The average Bonchev–Trinajstić information content (AvgIpc) is 2.92. The third-order valence-electron chi connectivity index (χ3n) is 3.25. The lowest BCUT2D eigenvalue weighted by molar-refractivity contribution is -0.135. The van der Waals surface area contributed by atoms with Gasteiger partial charge in [0.05, 0.1) is 4.88 Å². The van der Waals surface area contributed by atoms with Crippen molar-refractivity contribution in [1.29, 1.82) is 0 Å².